The molecular formula is C18H20N3+. The molecule has 0 fully saturated rings. The number of fused-ring (bicyclic) bond motifs is 1. The molecular weight excluding hydrogens is 258 g/mol. The molecule has 21 heavy (non-hydrogen) atoms. The van der Waals surface area contributed by atoms with E-state index in [0.717, 1.165) is 22.4 Å². The number of nitrogens with zero attached hydrogens (tertiary/aromatic N) is 3. The first-order chi connectivity index (χ1) is 10.1. The maximum atomic E-state index is 4.85. The van der Waals surface area contributed by atoms with Crippen molar-refractivity contribution in [3.8, 4) is 11.4 Å². The van der Waals surface area contributed by atoms with Gasteiger partial charge in [0.2, 0.25) is 5.52 Å². The lowest BCUT2D eigenvalue weighted by Gasteiger charge is -2.06. The van der Waals surface area contributed by atoms with E-state index in [9.17, 15) is 0 Å². The summed E-state index contributed by atoms with van der Waals surface area (Å²) >= 11 is 0. The topological polar surface area (TPSA) is 29.7 Å². The summed E-state index contributed by atoms with van der Waals surface area (Å²) in [6.45, 7) is 6.46. The highest BCUT2D eigenvalue weighted by molar-refractivity contribution is 5.75. The maximum absolute atomic E-state index is 4.85. The molecule has 0 amide bonds. The van der Waals surface area contributed by atoms with E-state index in [-0.39, 0.29) is 0 Å². The zero-order chi connectivity index (χ0) is 15.0. The molecule has 3 heteroatoms. The highest BCUT2D eigenvalue weighted by Gasteiger charge is 2.18. The maximum Gasteiger partial charge on any atom is 0.331 e. The van der Waals surface area contributed by atoms with Gasteiger partial charge in [0, 0.05) is 6.20 Å². The Morgan fingerprint density at radius 2 is 1.86 bits per heavy atom. The van der Waals surface area contributed by atoms with Crippen molar-refractivity contribution in [1.29, 1.82) is 0 Å². The first-order valence-electron chi connectivity index (χ1n) is 7.28. The van der Waals surface area contributed by atoms with E-state index in [2.05, 4.69) is 56.1 Å². The number of aryl methyl sites for hydroxylation is 2. The summed E-state index contributed by atoms with van der Waals surface area (Å²) < 4.78 is 2.05. The second kappa shape index (κ2) is 5.24. The fraction of sp³-hybridized carbons (Fsp3) is 0.278. The normalized spacial score (nSPS) is 11.3. The molecule has 106 valence electrons. The smallest absolute Gasteiger partial charge is 0.248 e. The minimum absolute atomic E-state index is 0.458. The predicted octanol–water partition coefficient (Wildman–Crippen LogP) is 3.55. The van der Waals surface area contributed by atoms with E-state index in [0.29, 0.717) is 5.92 Å². The van der Waals surface area contributed by atoms with Crippen LogP contribution in [-0.2, 0) is 7.05 Å². The molecule has 3 nitrogen and oxygen atoms in total. The summed E-state index contributed by atoms with van der Waals surface area (Å²) in [6.07, 6.45) is 4.00. The third-order valence-electron chi connectivity index (χ3n) is 3.85. The van der Waals surface area contributed by atoms with Crippen LogP contribution in [0, 0.1) is 6.92 Å². The predicted molar refractivity (Wildman–Crippen MR) is 85.0 cm³/mol. The average molecular weight is 278 g/mol. The standard InChI is InChI=1S/C18H20N3/c1-12(2)14-9-16-17(19-10-14)11-21(4)18(20-16)15-8-6-5-7-13(15)3/h5-12H,1-4H3/q+1. The molecule has 0 unspecified atom stereocenters. The summed E-state index contributed by atoms with van der Waals surface area (Å²) in [5, 5.41) is 0. The van der Waals surface area contributed by atoms with E-state index >= 15 is 0 Å². The van der Waals surface area contributed by atoms with Gasteiger partial charge in [-0.25, -0.2) is 9.55 Å². The van der Waals surface area contributed by atoms with Crippen LogP contribution < -0.4 is 4.57 Å². The molecule has 0 spiro atoms. The van der Waals surface area contributed by atoms with Gasteiger partial charge in [0.25, 0.3) is 0 Å². The molecule has 0 aliphatic rings. The fourth-order valence-corrected chi connectivity index (χ4v) is 2.50. The Kier molecular flexibility index (Phi) is 3.42. The quantitative estimate of drug-likeness (QED) is 0.671. The lowest BCUT2D eigenvalue weighted by molar-refractivity contribution is -0.661. The van der Waals surface area contributed by atoms with Crippen LogP contribution in [0.3, 0.4) is 0 Å². The lowest BCUT2D eigenvalue weighted by Crippen LogP contribution is -2.32. The van der Waals surface area contributed by atoms with Gasteiger partial charge in [-0.15, -0.1) is 0 Å². The van der Waals surface area contributed by atoms with E-state index in [1.807, 2.05) is 24.0 Å². The van der Waals surface area contributed by atoms with Gasteiger partial charge in [-0.3, -0.25) is 0 Å². The Balaban J connectivity index is 2.24. The van der Waals surface area contributed by atoms with Crippen molar-refractivity contribution in [1.82, 2.24) is 9.97 Å². The molecule has 0 bridgehead atoms. The molecule has 0 aliphatic carbocycles. The molecule has 3 aromatic rings. The third kappa shape index (κ3) is 2.51. The molecule has 0 N–H and O–H groups in total. The Hall–Kier alpha value is -2.29. The van der Waals surface area contributed by atoms with Crippen LogP contribution in [0.5, 0.6) is 0 Å². The third-order valence-corrected chi connectivity index (χ3v) is 3.85. The number of pyridine rings is 1. The van der Waals surface area contributed by atoms with Crippen molar-refractivity contribution >= 4 is 11.0 Å². The molecule has 0 saturated heterocycles. The SMILES string of the molecule is Cc1ccccc1-c1nc2cc(C(C)C)cnc2c[n+]1C. The minimum Gasteiger partial charge on any atom is -0.248 e. The first kappa shape index (κ1) is 13.7. The van der Waals surface area contributed by atoms with Crippen LogP contribution in [0.25, 0.3) is 22.4 Å². The number of aromatic nitrogens is 3. The van der Waals surface area contributed by atoms with Crippen LogP contribution in [0.15, 0.2) is 42.7 Å². The lowest BCUT2D eigenvalue weighted by atomic mass is 10.1. The molecule has 3 rings (SSSR count). The summed E-state index contributed by atoms with van der Waals surface area (Å²) in [7, 11) is 2.02. The minimum atomic E-state index is 0.458. The molecule has 0 atom stereocenters. The van der Waals surface area contributed by atoms with Crippen LogP contribution in [-0.4, -0.2) is 9.97 Å². The van der Waals surface area contributed by atoms with Crippen molar-refractivity contribution in [2.45, 2.75) is 26.7 Å². The fourth-order valence-electron chi connectivity index (χ4n) is 2.50. The zero-order valence-electron chi connectivity index (χ0n) is 13.0. The highest BCUT2D eigenvalue weighted by Crippen LogP contribution is 2.21. The van der Waals surface area contributed by atoms with Crippen molar-refractivity contribution in [2.24, 2.45) is 7.05 Å². The second-order valence-corrected chi connectivity index (χ2v) is 5.82. The highest BCUT2D eigenvalue weighted by atomic mass is 15.0. The van der Waals surface area contributed by atoms with Crippen molar-refractivity contribution in [3.05, 3.63) is 53.9 Å². The van der Waals surface area contributed by atoms with E-state index in [4.69, 9.17) is 4.98 Å². The summed E-state index contributed by atoms with van der Waals surface area (Å²) in [5.74, 6) is 1.43. The number of rotatable bonds is 2. The van der Waals surface area contributed by atoms with Crippen LogP contribution in [0.2, 0.25) is 0 Å². The second-order valence-electron chi connectivity index (χ2n) is 5.82. The number of benzene rings is 1. The largest absolute Gasteiger partial charge is 0.331 e. The Labute approximate surface area is 125 Å². The van der Waals surface area contributed by atoms with Crippen LogP contribution >= 0.6 is 0 Å². The number of hydrogen-bond donors (Lipinski definition) is 0. The van der Waals surface area contributed by atoms with E-state index in [1.54, 1.807) is 0 Å². The van der Waals surface area contributed by atoms with Gasteiger partial charge in [0.05, 0.1) is 12.6 Å². The molecule has 2 aromatic heterocycles. The van der Waals surface area contributed by atoms with Gasteiger partial charge in [0.15, 0.2) is 5.52 Å². The van der Waals surface area contributed by atoms with Gasteiger partial charge in [-0.2, -0.15) is 0 Å². The van der Waals surface area contributed by atoms with Gasteiger partial charge < -0.3 is 0 Å². The molecule has 0 saturated carbocycles. The summed E-state index contributed by atoms with van der Waals surface area (Å²) in [6, 6.07) is 10.5. The molecule has 0 radical (unpaired) electrons. The number of hydrogen-bond acceptors (Lipinski definition) is 2. The molecule has 2 heterocycles. The van der Waals surface area contributed by atoms with Crippen LogP contribution in [0.1, 0.15) is 30.9 Å². The summed E-state index contributed by atoms with van der Waals surface area (Å²) in [5.41, 5.74) is 5.50. The van der Waals surface area contributed by atoms with Gasteiger partial charge in [-0.05, 0) is 41.1 Å². The van der Waals surface area contributed by atoms with Crippen molar-refractivity contribution in [3.63, 3.8) is 0 Å². The van der Waals surface area contributed by atoms with Gasteiger partial charge >= 0.3 is 5.82 Å². The van der Waals surface area contributed by atoms with E-state index < -0.39 is 0 Å². The Bertz CT molecular complexity index is 807. The monoisotopic (exact) mass is 278 g/mol. The van der Waals surface area contributed by atoms with Crippen molar-refractivity contribution < 1.29 is 4.57 Å². The van der Waals surface area contributed by atoms with Gasteiger partial charge in [-0.1, -0.05) is 32.0 Å². The van der Waals surface area contributed by atoms with Gasteiger partial charge in [0.1, 0.15) is 6.20 Å². The summed E-state index contributed by atoms with van der Waals surface area (Å²) in [4.78, 5) is 9.39. The molecule has 0 aliphatic heterocycles. The average Bonchev–Trinajstić information content (AvgIpc) is 2.47. The Morgan fingerprint density at radius 1 is 1.10 bits per heavy atom. The van der Waals surface area contributed by atoms with Crippen LogP contribution in [0.4, 0.5) is 0 Å². The first-order valence-corrected chi connectivity index (χ1v) is 7.28. The van der Waals surface area contributed by atoms with Crippen molar-refractivity contribution in [2.75, 3.05) is 0 Å². The van der Waals surface area contributed by atoms with E-state index in [1.165, 1.54) is 11.1 Å². The zero-order valence-corrected chi connectivity index (χ0v) is 13.0. The molecule has 1 aromatic carbocycles. The Morgan fingerprint density at radius 3 is 2.57 bits per heavy atom.